The lowest BCUT2D eigenvalue weighted by molar-refractivity contribution is 0.410. The molecule has 1 aliphatic rings. The second kappa shape index (κ2) is 7.69. The molecule has 0 spiro atoms. The van der Waals surface area contributed by atoms with Gasteiger partial charge in [0, 0.05) is 10.5 Å². The largest absolute Gasteiger partial charge is 0.456 e. The van der Waals surface area contributed by atoms with Gasteiger partial charge < -0.3 is 18.5 Å². The van der Waals surface area contributed by atoms with Gasteiger partial charge in [-0.15, -0.1) is 11.8 Å². The van der Waals surface area contributed by atoms with Crippen LogP contribution in [0.2, 0.25) is 0 Å². The number of rotatable bonds is 5. The first-order valence-corrected chi connectivity index (χ1v) is 9.89. The van der Waals surface area contributed by atoms with Crippen LogP contribution in [0.15, 0.2) is 54.8 Å². The molecule has 0 radical (unpaired) electrons. The average Bonchev–Trinajstić information content (AvgIpc) is 2.83. The van der Waals surface area contributed by atoms with Crippen LogP contribution in [0, 0.1) is 0 Å². The Labute approximate surface area is 165 Å². The number of fused-ring (bicyclic) bond motifs is 4. The lowest BCUT2D eigenvalue weighted by Gasteiger charge is -2.12. The summed E-state index contributed by atoms with van der Waals surface area (Å²) in [5, 5.41) is 0. The fourth-order valence-electron chi connectivity index (χ4n) is 3.02. The van der Waals surface area contributed by atoms with Crippen LogP contribution in [0.5, 0.6) is 11.5 Å². The standard InChI is InChI=1S/C21H19NO5S/c1-22(2)10-5-11-28-18-12-14-16(25-15-7-4-3-6-13(15)18)8-9-17-19(14)27-21(24)20(23)26-17/h3-4,6-9,12H,5,10-11H2,1-2H3. The van der Waals surface area contributed by atoms with Gasteiger partial charge in [-0.2, -0.15) is 0 Å². The van der Waals surface area contributed by atoms with Crippen LogP contribution in [0.3, 0.4) is 0 Å². The minimum atomic E-state index is -1.03. The highest BCUT2D eigenvalue weighted by molar-refractivity contribution is 8.08. The summed E-state index contributed by atoms with van der Waals surface area (Å²) in [6, 6.07) is 11.1. The summed E-state index contributed by atoms with van der Waals surface area (Å²) < 4.78 is 16.4. The Morgan fingerprint density at radius 1 is 0.964 bits per heavy atom. The molecule has 28 heavy (non-hydrogen) atoms. The second-order valence-electron chi connectivity index (χ2n) is 6.70. The van der Waals surface area contributed by atoms with Gasteiger partial charge in [0.1, 0.15) is 11.5 Å². The van der Waals surface area contributed by atoms with Gasteiger partial charge in [0.15, 0.2) is 11.2 Å². The van der Waals surface area contributed by atoms with Gasteiger partial charge in [-0.3, -0.25) is 0 Å². The van der Waals surface area contributed by atoms with Gasteiger partial charge in [0.05, 0.1) is 5.56 Å². The molecule has 0 saturated heterocycles. The molecule has 0 amide bonds. The van der Waals surface area contributed by atoms with Crippen molar-refractivity contribution in [3.05, 3.63) is 68.4 Å². The Balaban J connectivity index is 1.83. The SMILES string of the molecule is CN(C)CCCSC1=Cc2c(ccc3oc(=O)c(=O)oc23)Oc2ccccc21. The first-order chi connectivity index (χ1) is 13.5. The zero-order chi connectivity index (χ0) is 19.7. The van der Waals surface area contributed by atoms with E-state index in [1.807, 2.05) is 30.3 Å². The number of thioether (sulfide) groups is 1. The van der Waals surface area contributed by atoms with Gasteiger partial charge in [-0.25, -0.2) is 9.59 Å². The van der Waals surface area contributed by atoms with Crippen molar-refractivity contribution in [3.8, 4) is 11.5 Å². The lowest BCUT2D eigenvalue weighted by atomic mass is 10.1. The molecular weight excluding hydrogens is 378 g/mol. The Morgan fingerprint density at radius 3 is 2.57 bits per heavy atom. The lowest BCUT2D eigenvalue weighted by Crippen LogP contribution is -2.21. The van der Waals surface area contributed by atoms with Gasteiger partial charge >= 0.3 is 11.3 Å². The fourth-order valence-corrected chi connectivity index (χ4v) is 4.04. The van der Waals surface area contributed by atoms with E-state index in [2.05, 4.69) is 19.0 Å². The summed E-state index contributed by atoms with van der Waals surface area (Å²) in [7, 11) is 4.10. The van der Waals surface area contributed by atoms with Crippen molar-refractivity contribution in [3.63, 3.8) is 0 Å². The molecule has 6 nitrogen and oxygen atoms in total. The van der Waals surface area contributed by atoms with Crippen molar-refractivity contribution in [2.24, 2.45) is 0 Å². The Morgan fingerprint density at radius 2 is 1.75 bits per heavy atom. The molecule has 4 rings (SSSR count). The van der Waals surface area contributed by atoms with E-state index in [4.69, 9.17) is 13.6 Å². The molecule has 3 aromatic rings. The Hall–Kier alpha value is -2.77. The molecule has 0 saturated carbocycles. The van der Waals surface area contributed by atoms with E-state index in [1.54, 1.807) is 23.9 Å². The van der Waals surface area contributed by atoms with Crippen molar-refractivity contribution in [2.45, 2.75) is 6.42 Å². The summed E-state index contributed by atoms with van der Waals surface area (Å²) in [6.45, 7) is 0.998. The minimum absolute atomic E-state index is 0.210. The molecule has 0 N–H and O–H groups in total. The molecule has 0 atom stereocenters. The monoisotopic (exact) mass is 397 g/mol. The summed E-state index contributed by atoms with van der Waals surface area (Å²) in [5.74, 6) is 2.20. The number of para-hydroxylation sites is 1. The van der Waals surface area contributed by atoms with Crippen LogP contribution in [-0.4, -0.2) is 31.3 Å². The summed E-state index contributed by atoms with van der Waals surface area (Å²) in [5.41, 5.74) is -0.0673. The van der Waals surface area contributed by atoms with E-state index in [9.17, 15) is 9.59 Å². The van der Waals surface area contributed by atoms with E-state index >= 15 is 0 Å². The third kappa shape index (κ3) is 3.63. The van der Waals surface area contributed by atoms with Crippen LogP contribution in [0.25, 0.3) is 22.1 Å². The molecular formula is C21H19NO5S. The number of benzene rings is 2. The summed E-state index contributed by atoms with van der Waals surface area (Å²) in [4.78, 5) is 26.4. The maximum absolute atomic E-state index is 11.7. The van der Waals surface area contributed by atoms with Crippen LogP contribution >= 0.6 is 11.8 Å². The summed E-state index contributed by atoms with van der Waals surface area (Å²) in [6.07, 6.45) is 2.97. The predicted octanol–water partition coefficient (Wildman–Crippen LogP) is 4.03. The van der Waals surface area contributed by atoms with Gasteiger partial charge in [0.25, 0.3) is 0 Å². The molecule has 1 aromatic heterocycles. The van der Waals surface area contributed by atoms with Crippen molar-refractivity contribution in [2.75, 3.05) is 26.4 Å². The highest BCUT2D eigenvalue weighted by Crippen LogP contribution is 2.44. The fraction of sp³-hybridized carbons (Fsp3) is 0.238. The third-order valence-corrected chi connectivity index (χ3v) is 5.48. The Kier molecular flexibility index (Phi) is 5.11. The van der Waals surface area contributed by atoms with E-state index in [1.165, 1.54) is 0 Å². The molecule has 144 valence electrons. The molecule has 0 bridgehead atoms. The van der Waals surface area contributed by atoms with E-state index in [0.29, 0.717) is 11.3 Å². The van der Waals surface area contributed by atoms with Crippen LogP contribution in [-0.2, 0) is 0 Å². The summed E-state index contributed by atoms with van der Waals surface area (Å²) >= 11 is 1.72. The molecule has 0 fully saturated rings. The number of nitrogens with zero attached hydrogens (tertiary/aromatic N) is 1. The maximum Gasteiger partial charge on any atom is 0.423 e. The normalized spacial score (nSPS) is 12.9. The van der Waals surface area contributed by atoms with Crippen LogP contribution < -0.4 is 16.0 Å². The predicted molar refractivity (Wildman–Crippen MR) is 111 cm³/mol. The number of hydrogen-bond acceptors (Lipinski definition) is 7. The van der Waals surface area contributed by atoms with Crippen molar-refractivity contribution < 1.29 is 13.6 Å². The molecule has 2 heterocycles. The van der Waals surface area contributed by atoms with E-state index in [-0.39, 0.29) is 11.2 Å². The zero-order valence-electron chi connectivity index (χ0n) is 15.6. The first kappa shape index (κ1) is 18.6. The highest BCUT2D eigenvalue weighted by Gasteiger charge is 2.21. The van der Waals surface area contributed by atoms with Crippen molar-refractivity contribution in [1.82, 2.24) is 4.90 Å². The molecule has 0 aliphatic carbocycles. The molecule has 2 aromatic carbocycles. The maximum atomic E-state index is 11.7. The third-order valence-electron chi connectivity index (χ3n) is 4.34. The second-order valence-corrected chi connectivity index (χ2v) is 7.83. The van der Waals surface area contributed by atoms with Gasteiger partial charge in [0.2, 0.25) is 0 Å². The molecule has 1 aliphatic heterocycles. The van der Waals surface area contributed by atoms with E-state index < -0.39 is 11.3 Å². The average molecular weight is 397 g/mol. The Bertz CT molecular complexity index is 1180. The van der Waals surface area contributed by atoms with E-state index in [0.717, 1.165) is 34.9 Å². The highest BCUT2D eigenvalue weighted by atomic mass is 32.2. The smallest absolute Gasteiger partial charge is 0.423 e. The topological polar surface area (TPSA) is 72.9 Å². The van der Waals surface area contributed by atoms with Crippen molar-refractivity contribution in [1.29, 1.82) is 0 Å². The van der Waals surface area contributed by atoms with Crippen LogP contribution in [0.1, 0.15) is 17.5 Å². The van der Waals surface area contributed by atoms with Gasteiger partial charge in [-0.05, 0) is 57.1 Å². The minimum Gasteiger partial charge on any atom is -0.456 e. The van der Waals surface area contributed by atoms with Crippen LogP contribution in [0.4, 0.5) is 0 Å². The number of ether oxygens (including phenoxy) is 1. The zero-order valence-corrected chi connectivity index (χ0v) is 16.4. The number of hydrogen-bond donors (Lipinski definition) is 0. The quantitative estimate of drug-likeness (QED) is 0.475. The van der Waals surface area contributed by atoms with Crippen molar-refractivity contribution >= 4 is 33.9 Å². The molecule has 7 heteroatoms. The molecule has 0 unspecified atom stereocenters. The van der Waals surface area contributed by atoms with Gasteiger partial charge in [-0.1, -0.05) is 18.2 Å². The first-order valence-electron chi connectivity index (χ1n) is 8.90.